The molecular weight excluding hydrogens is 405 g/mol. The Morgan fingerprint density at radius 2 is 2.06 bits per heavy atom. The van der Waals surface area contributed by atoms with Crippen molar-refractivity contribution in [3.8, 4) is 11.4 Å². The molecule has 1 heterocycles. The maximum Gasteiger partial charge on any atom is 0.162 e. The summed E-state index contributed by atoms with van der Waals surface area (Å²) < 4.78 is 1.94. The van der Waals surface area contributed by atoms with Gasteiger partial charge in [0.1, 0.15) is 5.82 Å². The average molecular weight is 418 g/mol. The molecule has 0 spiro atoms. The van der Waals surface area contributed by atoms with Crippen LogP contribution < -0.4 is 5.73 Å². The molecule has 18 heavy (non-hydrogen) atoms. The van der Waals surface area contributed by atoms with Crippen LogP contribution in [0, 0.1) is 10.5 Å². The lowest BCUT2D eigenvalue weighted by Gasteiger charge is -2.09. The van der Waals surface area contributed by atoms with Crippen molar-refractivity contribution in [2.75, 3.05) is 5.73 Å². The molecule has 0 radical (unpaired) electrons. The van der Waals surface area contributed by atoms with Crippen LogP contribution in [-0.2, 0) is 6.42 Å². The highest BCUT2D eigenvalue weighted by Gasteiger charge is 2.12. The second kappa shape index (κ2) is 5.52. The SMILES string of the molecule is CCc1nc(-c2ccc(C)cc2Br)nc(N)c1I. The monoisotopic (exact) mass is 417 g/mol. The molecular formula is C13H13BrIN3. The fraction of sp³-hybridized carbons (Fsp3) is 0.231. The molecule has 0 aliphatic rings. The van der Waals surface area contributed by atoms with E-state index in [0.29, 0.717) is 11.6 Å². The summed E-state index contributed by atoms with van der Waals surface area (Å²) in [5.74, 6) is 1.22. The molecule has 0 saturated carbocycles. The van der Waals surface area contributed by atoms with Gasteiger partial charge in [-0.25, -0.2) is 9.97 Å². The first-order valence-corrected chi connectivity index (χ1v) is 7.48. The highest BCUT2D eigenvalue weighted by atomic mass is 127. The van der Waals surface area contributed by atoms with Crippen molar-refractivity contribution in [1.29, 1.82) is 0 Å². The van der Waals surface area contributed by atoms with E-state index in [4.69, 9.17) is 5.73 Å². The number of nitrogens with two attached hydrogens (primary N) is 1. The highest BCUT2D eigenvalue weighted by molar-refractivity contribution is 14.1. The number of hydrogen-bond donors (Lipinski definition) is 1. The van der Waals surface area contributed by atoms with Crippen molar-refractivity contribution in [3.05, 3.63) is 37.5 Å². The Bertz CT molecular complexity index is 599. The van der Waals surface area contributed by atoms with Gasteiger partial charge in [0.25, 0.3) is 0 Å². The first kappa shape index (κ1) is 13.7. The molecule has 0 saturated heterocycles. The number of aromatic nitrogens is 2. The lowest BCUT2D eigenvalue weighted by molar-refractivity contribution is 0.993. The van der Waals surface area contributed by atoms with Crippen LogP contribution in [0.2, 0.25) is 0 Å². The Morgan fingerprint density at radius 3 is 2.67 bits per heavy atom. The third kappa shape index (κ3) is 2.66. The Morgan fingerprint density at radius 1 is 1.33 bits per heavy atom. The highest BCUT2D eigenvalue weighted by Crippen LogP contribution is 2.29. The summed E-state index contributed by atoms with van der Waals surface area (Å²) in [6.45, 7) is 4.12. The third-order valence-corrected chi connectivity index (χ3v) is 4.48. The van der Waals surface area contributed by atoms with Gasteiger partial charge in [-0.3, -0.25) is 0 Å². The normalized spacial score (nSPS) is 10.7. The smallest absolute Gasteiger partial charge is 0.162 e. The third-order valence-electron chi connectivity index (χ3n) is 2.65. The minimum atomic E-state index is 0.546. The summed E-state index contributed by atoms with van der Waals surface area (Å²) in [6, 6.07) is 6.11. The second-order valence-electron chi connectivity index (χ2n) is 4.03. The molecule has 5 heteroatoms. The zero-order valence-corrected chi connectivity index (χ0v) is 13.9. The molecule has 0 aliphatic heterocycles. The van der Waals surface area contributed by atoms with Gasteiger partial charge in [-0.2, -0.15) is 0 Å². The van der Waals surface area contributed by atoms with E-state index in [2.05, 4.69) is 68.4 Å². The van der Waals surface area contributed by atoms with Crippen molar-refractivity contribution in [2.45, 2.75) is 20.3 Å². The van der Waals surface area contributed by atoms with Crippen LogP contribution in [0.5, 0.6) is 0 Å². The molecule has 0 unspecified atom stereocenters. The van der Waals surface area contributed by atoms with E-state index in [0.717, 1.165) is 25.7 Å². The van der Waals surface area contributed by atoms with Gasteiger partial charge >= 0.3 is 0 Å². The average Bonchev–Trinajstić information content (AvgIpc) is 2.32. The molecule has 0 atom stereocenters. The Balaban J connectivity index is 2.60. The Hall–Kier alpha value is -0.690. The van der Waals surface area contributed by atoms with Crippen LogP contribution in [-0.4, -0.2) is 9.97 Å². The number of halogens is 2. The van der Waals surface area contributed by atoms with Gasteiger partial charge in [-0.15, -0.1) is 0 Å². The molecule has 2 N–H and O–H groups in total. The van der Waals surface area contributed by atoms with Crippen LogP contribution in [0.25, 0.3) is 11.4 Å². The maximum absolute atomic E-state index is 5.94. The fourth-order valence-electron chi connectivity index (χ4n) is 1.67. The van der Waals surface area contributed by atoms with Gasteiger partial charge in [0.2, 0.25) is 0 Å². The topological polar surface area (TPSA) is 51.8 Å². The summed E-state index contributed by atoms with van der Waals surface area (Å²) >= 11 is 5.74. The Kier molecular flexibility index (Phi) is 4.21. The van der Waals surface area contributed by atoms with Gasteiger partial charge in [-0.05, 0) is 53.6 Å². The van der Waals surface area contributed by atoms with E-state index >= 15 is 0 Å². The molecule has 0 fully saturated rings. The van der Waals surface area contributed by atoms with Gasteiger partial charge in [-0.1, -0.05) is 28.9 Å². The van der Waals surface area contributed by atoms with Crippen LogP contribution in [0.4, 0.5) is 5.82 Å². The molecule has 0 bridgehead atoms. The molecule has 1 aromatic carbocycles. The predicted octanol–water partition coefficient (Wildman–Crippen LogP) is 3.96. The zero-order chi connectivity index (χ0) is 13.3. The van der Waals surface area contributed by atoms with Crippen LogP contribution in [0.15, 0.2) is 22.7 Å². The summed E-state index contributed by atoms with van der Waals surface area (Å²) in [6.07, 6.45) is 0.849. The van der Waals surface area contributed by atoms with E-state index in [1.54, 1.807) is 0 Å². The summed E-state index contributed by atoms with van der Waals surface area (Å²) in [4.78, 5) is 8.95. The van der Waals surface area contributed by atoms with Gasteiger partial charge in [0.15, 0.2) is 5.82 Å². The van der Waals surface area contributed by atoms with Crippen molar-refractivity contribution < 1.29 is 0 Å². The molecule has 3 nitrogen and oxygen atoms in total. The molecule has 0 aliphatic carbocycles. The van der Waals surface area contributed by atoms with E-state index < -0.39 is 0 Å². The zero-order valence-electron chi connectivity index (χ0n) is 10.2. The fourth-order valence-corrected chi connectivity index (χ4v) is 2.96. The molecule has 94 valence electrons. The van der Waals surface area contributed by atoms with Crippen LogP contribution >= 0.6 is 38.5 Å². The maximum atomic E-state index is 5.94. The van der Waals surface area contributed by atoms with E-state index in [1.165, 1.54) is 5.56 Å². The Labute approximate surface area is 128 Å². The summed E-state index contributed by atoms with van der Waals surface area (Å²) in [5, 5.41) is 0. The van der Waals surface area contributed by atoms with Gasteiger partial charge in [0, 0.05) is 10.0 Å². The lowest BCUT2D eigenvalue weighted by atomic mass is 10.1. The first-order valence-electron chi connectivity index (χ1n) is 5.61. The van der Waals surface area contributed by atoms with Crippen LogP contribution in [0.1, 0.15) is 18.2 Å². The summed E-state index contributed by atoms with van der Waals surface area (Å²) in [5.41, 5.74) is 9.10. The first-order chi connectivity index (χ1) is 8.52. The second-order valence-corrected chi connectivity index (χ2v) is 5.96. The van der Waals surface area contributed by atoms with Gasteiger partial charge < -0.3 is 5.73 Å². The largest absolute Gasteiger partial charge is 0.383 e. The van der Waals surface area contributed by atoms with Crippen molar-refractivity contribution in [2.24, 2.45) is 0 Å². The van der Waals surface area contributed by atoms with E-state index in [-0.39, 0.29) is 0 Å². The van der Waals surface area contributed by atoms with Crippen LogP contribution in [0.3, 0.4) is 0 Å². The molecule has 0 amide bonds. The minimum Gasteiger partial charge on any atom is -0.383 e. The van der Waals surface area contributed by atoms with E-state index in [1.807, 2.05) is 12.1 Å². The molecule has 2 aromatic rings. The van der Waals surface area contributed by atoms with Crippen molar-refractivity contribution in [1.82, 2.24) is 9.97 Å². The predicted molar refractivity (Wildman–Crippen MR) is 86.4 cm³/mol. The number of aryl methyl sites for hydroxylation is 2. The number of nitrogens with zero attached hydrogens (tertiary/aromatic N) is 2. The number of nitrogen functional groups attached to an aromatic ring is 1. The molecule has 2 rings (SSSR count). The number of hydrogen-bond acceptors (Lipinski definition) is 3. The quantitative estimate of drug-likeness (QED) is 0.752. The number of anilines is 1. The number of benzene rings is 1. The number of rotatable bonds is 2. The minimum absolute atomic E-state index is 0.546. The van der Waals surface area contributed by atoms with Crippen molar-refractivity contribution >= 4 is 44.3 Å². The van der Waals surface area contributed by atoms with Crippen molar-refractivity contribution in [3.63, 3.8) is 0 Å². The lowest BCUT2D eigenvalue weighted by Crippen LogP contribution is -2.04. The molecule has 1 aromatic heterocycles. The standard InChI is InChI=1S/C13H13BrIN3/c1-3-10-11(15)12(16)18-13(17-10)8-5-4-7(2)6-9(8)14/h4-6H,3H2,1-2H3,(H2,16,17,18). The van der Waals surface area contributed by atoms with E-state index in [9.17, 15) is 0 Å². The summed E-state index contributed by atoms with van der Waals surface area (Å²) in [7, 11) is 0. The van der Waals surface area contributed by atoms with Gasteiger partial charge in [0.05, 0.1) is 9.26 Å².